The average molecular weight is 434 g/mol. The second kappa shape index (κ2) is 12.1. The van der Waals surface area contributed by atoms with Crippen LogP contribution in [0, 0.1) is 0 Å². The Morgan fingerprint density at radius 2 is 1.81 bits per heavy atom. The number of hydrogen-bond donors (Lipinski definition) is 3. The van der Waals surface area contributed by atoms with Gasteiger partial charge in [-0.25, -0.2) is 4.79 Å². The predicted molar refractivity (Wildman–Crippen MR) is 65.1 cm³/mol. The van der Waals surface area contributed by atoms with Gasteiger partial charge in [0.25, 0.3) is 5.56 Å². The van der Waals surface area contributed by atoms with Crippen molar-refractivity contribution in [2.24, 2.45) is 0 Å². The van der Waals surface area contributed by atoms with Gasteiger partial charge in [0.05, 0.1) is 26.1 Å². The van der Waals surface area contributed by atoms with E-state index in [4.69, 9.17) is 4.74 Å². The van der Waals surface area contributed by atoms with Gasteiger partial charge >= 0.3 is 94.4 Å². The third kappa shape index (κ3) is 7.72. The summed E-state index contributed by atoms with van der Waals surface area (Å²) in [5.74, 6) is -1.94. The quantitative estimate of drug-likeness (QED) is 0.292. The van der Waals surface area contributed by atoms with Gasteiger partial charge in [-0.15, -0.1) is 0 Å². The largest absolute Gasteiger partial charge is 1.00 e. The van der Waals surface area contributed by atoms with Gasteiger partial charge in [0.2, 0.25) is 0 Å². The fraction of sp³-hybridized carbons (Fsp3) is 0.500. The van der Waals surface area contributed by atoms with Gasteiger partial charge in [0.1, 0.15) is 18.3 Å². The fourth-order valence-electron chi connectivity index (χ4n) is 2.16. The van der Waals surface area contributed by atoms with Gasteiger partial charge < -0.3 is 43.7 Å². The first kappa shape index (κ1) is 30.3. The molecule has 0 spiro atoms. The molecule has 0 aromatic carbocycles. The summed E-state index contributed by atoms with van der Waals surface area (Å²) < 4.78 is 19.7. The van der Waals surface area contributed by atoms with Crippen molar-refractivity contribution in [1.29, 1.82) is 0 Å². The SMILES string of the molecule is O=C([O-])c1cc(=O)[nH]c(=O)n1C1OC(COP(=O)([O-])[O-])C(O)C1O.[Na+].[Na+].[Na+]. The Morgan fingerprint density at radius 3 is 2.30 bits per heavy atom. The van der Waals surface area contributed by atoms with Crippen molar-refractivity contribution in [3.05, 3.63) is 32.6 Å². The zero-order valence-electron chi connectivity index (χ0n) is 14.6. The Labute approximate surface area is 217 Å². The number of ether oxygens (including phenoxy) is 1. The monoisotopic (exact) mass is 434 g/mol. The Morgan fingerprint density at radius 1 is 1.26 bits per heavy atom. The van der Waals surface area contributed by atoms with Gasteiger partial charge in [0.15, 0.2) is 6.23 Å². The van der Waals surface area contributed by atoms with Crippen molar-refractivity contribution in [3.8, 4) is 0 Å². The number of aromatic amines is 1. The first-order valence-corrected chi connectivity index (χ1v) is 7.72. The first-order valence-electron chi connectivity index (χ1n) is 6.26. The molecule has 13 nitrogen and oxygen atoms in total. The van der Waals surface area contributed by atoms with E-state index in [9.17, 15) is 44.1 Å². The van der Waals surface area contributed by atoms with E-state index in [2.05, 4.69) is 4.52 Å². The van der Waals surface area contributed by atoms with Gasteiger partial charge in [-0.1, -0.05) is 0 Å². The van der Waals surface area contributed by atoms with E-state index < -0.39 is 61.9 Å². The van der Waals surface area contributed by atoms with Crippen LogP contribution in [0.4, 0.5) is 0 Å². The number of carboxylic acids is 1. The summed E-state index contributed by atoms with van der Waals surface area (Å²) in [4.78, 5) is 56.6. The van der Waals surface area contributed by atoms with Crippen LogP contribution in [-0.2, 0) is 13.8 Å². The molecule has 0 amide bonds. The number of carboxylic acid groups (broad SMARTS) is 1. The topological polar surface area (TPSA) is 217 Å². The van der Waals surface area contributed by atoms with Gasteiger partial charge in [-0.05, 0) is 0 Å². The Hall–Kier alpha value is 1.14. The maximum Gasteiger partial charge on any atom is 1.00 e. The molecule has 4 atom stereocenters. The number of aliphatic hydroxyl groups is 2. The number of rotatable bonds is 5. The summed E-state index contributed by atoms with van der Waals surface area (Å²) in [6.45, 7) is -0.974. The molecule has 1 aromatic rings. The van der Waals surface area contributed by atoms with E-state index in [0.29, 0.717) is 10.6 Å². The minimum Gasteiger partial charge on any atom is -0.790 e. The minimum atomic E-state index is -5.39. The number of nitrogens with one attached hydrogen (secondary N) is 1. The standard InChI is InChI=1S/C10H13N2O11P.3Na/c13-5-1-3(9(16)17)12(10(18)11-5)8-7(15)6(14)4(23-8)2-22-24(19,20)21;;;/h1,4,6-8,14-15H,2H2,(H,16,17)(H,11,13,18)(H2,19,20,21);;;/q;3*+1/p-3. The number of H-pyrrole nitrogens is 1. The van der Waals surface area contributed by atoms with Gasteiger partial charge in [-0.2, -0.15) is 0 Å². The van der Waals surface area contributed by atoms with Crippen LogP contribution >= 0.6 is 7.82 Å². The fourth-order valence-corrected chi connectivity index (χ4v) is 2.49. The molecular weight excluding hydrogens is 424 g/mol. The average Bonchev–Trinajstić information content (AvgIpc) is 2.71. The summed E-state index contributed by atoms with van der Waals surface area (Å²) in [7, 11) is -5.39. The van der Waals surface area contributed by atoms with Crippen molar-refractivity contribution in [3.63, 3.8) is 0 Å². The van der Waals surface area contributed by atoms with Crippen LogP contribution in [0.25, 0.3) is 0 Å². The number of hydrogen-bond acceptors (Lipinski definition) is 11. The maximum atomic E-state index is 11.8. The van der Waals surface area contributed by atoms with Crippen LogP contribution in [0.5, 0.6) is 0 Å². The van der Waals surface area contributed by atoms with E-state index in [0.717, 1.165) is 0 Å². The van der Waals surface area contributed by atoms with Crippen LogP contribution < -0.4 is 115 Å². The zero-order valence-corrected chi connectivity index (χ0v) is 21.5. The molecule has 0 radical (unpaired) electrons. The predicted octanol–water partition coefficient (Wildman–Crippen LogP) is -14.6. The van der Waals surface area contributed by atoms with E-state index in [1.165, 1.54) is 0 Å². The molecular formula is C10H10N2Na3O11P. The van der Waals surface area contributed by atoms with Crippen LogP contribution in [0.1, 0.15) is 16.7 Å². The molecule has 2 heterocycles. The Balaban J connectivity index is 0. The van der Waals surface area contributed by atoms with E-state index in [1.807, 2.05) is 0 Å². The zero-order chi connectivity index (χ0) is 18.2. The molecule has 0 bridgehead atoms. The second-order valence-electron chi connectivity index (χ2n) is 4.77. The molecule has 4 unspecified atom stereocenters. The number of phosphoric ester groups is 1. The summed E-state index contributed by atoms with van der Waals surface area (Å²) in [6, 6.07) is 0.493. The molecule has 27 heavy (non-hydrogen) atoms. The molecule has 3 N–H and O–H groups in total. The molecule has 0 aliphatic carbocycles. The summed E-state index contributed by atoms with van der Waals surface area (Å²) in [5, 5.41) is 30.7. The minimum absolute atomic E-state index is 0. The molecule has 1 aliphatic heterocycles. The smallest absolute Gasteiger partial charge is 0.790 e. The van der Waals surface area contributed by atoms with Crippen molar-refractivity contribution >= 4 is 13.8 Å². The summed E-state index contributed by atoms with van der Waals surface area (Å²) in [6.07, 6.45) is -7.06. The molecule has 0 saturated carbocycles. The van der Waals surface area contributed by atoms with Crippen LogP contribution in [-0.4, -0.2) is 50.7 Å². The third-order valence-electron chi connectivity index (χ3n) is 3.17. The number of carbonyl (C=O) groups excluding carboxylic acids is 1. The molecule has 1 fully saturated rings. The van der Waals surface area contributed by atoms with Gasteiger partial charge in [0, 0.05) is 6.07 Å². The number of aromatic nitrogens is 2. The number of aliphatic hydroxyl groups excluding tert-OH is 2. The Kier molecular flexibility index (Phi) is 13.6. The number of aromatic carboxylic acids is 1. The van der Waals surface area contributed by atoms with Crippen molar-refractivity contribution < 1.29 is 132 Å². The maximum absolute atomic E-state index is 11.8. The normalized spacial score (nSPS) is 24.3. The van der Waals surface area contributed by atoms with Crippen LogP contribution in [0.15, 0.2) is 15.7 Å². The van der Waals surface area contributed by atoms with Gasteiger partial charge in [-0.3, -0.25) is 14.3 Å². The van der Waals surface area contributed by atoms with Crippen molar-refractivity contribution in [1.82, 2.24) is 9.55 Å². The van der Waals surface area contributed by atoms with E-state index >= 15 is 0 Å². The number of nitrogens with zero attached hydrogens (tertiary/aromatic N) is 1. The number of phosphoric acid groups is 1. The molecule has 1 saturated heterocycles. The number of carbonyl (C=O) groups is 1. The molecule has 1 aliphatic rings. The molecule has 17 heteroatoms. The Bertz CT molecular complexity index is 808. The van der Waals surface area contributed by atoms with Crippen LogP contribution in [0.2, 0.25) is 0 Å². The van der Waals surface area contributed by atoms with E-state index in [1.54, 1.807) is 4.98 Å². The third-order valence-corrected chi connectivity index (χ3v) is 3.64. The van der Waals surface area contributed by atoms with Crippen molar-refractivity contribution in [2.75, 3.05) is 6.61 Å². The van der Waals surface area contributed by atoms with Crippen LogP contribution in [0.3, 0.4) is 0 Å². The molecule has 134 valence electrons. The molecule has 2 rings (SSSR count). The summed E-state index contributed by atoms with van der Waals surface area (Å²) in [5.41, 5.74) is -3.28. The first-order chi connectivity index (χ1) is 11.0. The summed E-state index contributed by atoms with van der Waals surface area (Å²) >= 11 is 0. The second-order valence-corrected chi connectivity index (χ2v) is 5.92. The van der Waals surface area contributed by atoms with E-state index in [-0.39, 0.29) is 88.7 Å². The van der Waals surface area contributed by atoms with Crippen molar-refractivity contribution in [2.45, 2.75) is 24.5 Å². The molecule has 1 aromatic heterocycles.